The van der Waals surface area contributed by atoms with Crippen LogP contribution in [0.25, 0.3) is 5.76 Å². The molecule has 174 valence electrons. The SMILES string of the molecule is CCCCN1C(=O)C(=O)/C(=C(\O)c2ccc3c(c2)CCCO3)C1c1cccc(OCCC)c1. The molecule has 1 saturated heterocycles. The van der Waals surface area contributed by atoms with Gasteiger partial charge in [-0.1, -0.05) is 32.4 Å². The van der Waals surface area contributed by atoms with E-state index in [4.69, 9.17) is 9.47 Å². The lowest BCUT2D eigenvalue weighted by atomic mass is 9.94. The van der Waals surface area contributed by atoms with Crippen molar-refractivity contribution in [2.75, 3.05) is 19.8 Å². The van der Waals surface area contributed by atoms with Crippen molar-refractivity contribution in [2.24, 2.45) is 0 Å². The summed E-state index contributed by atoms with van der Waals surface area (Å²) in [4.78, 5) is 27.7. The molecule has 1 atom stereocenters. The Morgan fingerprint density at radius 2 is 2.00 bits per heavy atom. The molecule has 0 saturated carbocycles. The summed E-state index contributed by atoms with van der Waals surface area (Å²) in [5.41, 5.74) is 2.40. The van der Waals surface area contributed by atoms with Gasteiger partial charge in [0.25, 0.3) is 11.7 Å². The lowest BCUT2D eigenvalue weighted by Crippen LogP contribution is -2.30. The van der Waals surface area contributed by atoms with Gasteiger partial charge in [0.1, 0.15) is 17.3 Å². The maximum Gasteiger partial charge on any atom is 0.295 e. The molecule has 0 bridgehead atoms. The number of unbranched alkanes of at least 4 members (excludes halogenated alkanes) is 1. The first-order valence-electron chi connectivity index (χ1n) is 11.8. The number of ether oxygens (including phenoxy) is 2. The Morgan fingerprint density at radius 3 is 2.79 bits per heavy atom. The normalized spacial score (nSPS) is 19.3. The summed E-state index contributed by atoms with van der Waals surface area (Å²) in [7, 11) is 0. The molecule has 1 unspecified atom stereocenters. The minimum absolute atomic E-state index is 0.125. The number of hydrogen-bond donors (Lipinski definition) is 1. The maximum atomic E-state index is 13.2. The molecule has 1 amide bonds. The number of hydrogen-bond acceptors (Lipinski definition) is 5. The number of amides is 1. The summed E-state index contributed by atoms with van der Waals surface area (Å²) in [6.45, 7) is 5.78. The average Bonchev–Trinajstić information content (AvgIpc) is 3.10. The number of benzene rings is 2. The van der Waals surface area contributed by atoms with Crippen LogP contribution in [0.5, 0.6) is 11.5 Å². The topological polar surface area (TPSA) is 76.1 Å². The first-order chi connectivity index (χ1) is 16.0. The van der Waals surface area contributed by atoms with E-state index in [0.29, 0.717) is 31.1 Å². The van der Waals surface area contributed by atoms with Crippen LogP contribution in [-0.4, -0.2) is 41.5 Å². The number of rotatable bonds is 8. The van der Waals surface area contributed by atoms with Gasteiger partial charge in [0.05, 0.1) is 24.8 Å². The Balaban J connectivity index is 1.80. The predicted octanol–water partition coefficient (Wildman–Crippen LogP) is 5.02. The summed E-state index contributed by atoms with van der Waals surface area (Å²) in [5.74, 6) is 0.115. The Hall–Kier alpha value is -3.28. The van der Waals surface area contributed by atoms with Gasteiger partial charge in [-0.2, -0.15) is 0 Å². The number of aliphatic hydroxyl groups is 1. The molecule has 1 fully saturated rings. The first kappa shape index (κ1) is 22.9. The summed E-state index contributed by atoms with van der Waals surface area (Å²) in [6.07, 6.45) is 4.29. The van der Waals surface area contributed by atoms with Crippen LogP contribution in [0.2, 0.25) is 0 Å². The fourth-order valence-corrected chi connectivity index (χ4v) is 4.44. The van der Waals surface area contributed by atoms with E-state index >= 15 is 0 Å². The lowest BCUT2D eigenvalue weighted by Gasteiger charge is -2.25. The van der Waals surface area contributed by atoms with Crippen LogP contribution in [-0.2, 0) is 16.0 Å². The molecule has 2 aliphatic rings. The third-order valence-corrected chi connectivity index (χ3v) is 6.12. The number of ketones is 1. The molecule has 33 heavy (non-hydrogen) atoms. The second-order valence-electron chi connectivity index (χ2n) is 8.54. The van der Waals surface area contributed by atoms with Crippen molar-refractivity contribution in [1.29, 1.82) is 0 Å². The highest BCUT2D eigenvalue weighted by Gasteiger charge is 2.45. The van der Waals surface area contributed by atoms with Gasteiger partial charge >= 0.3 is 0 Å². The number of likely N-dealkylation sites (tertiary alicyclic amines) is 1. The predicted molar refractivity (Wildman–Crippen MR) is 126 cm³/mol. The van der Waals surface area contributed by atoms with Crippen LogP contribution in [0.3, 0.4) is 0 Å². The van der Waals surface area contributed by atoms with Crippen LogP contribution in [0.15, 0.2) is 48.0 Å². The van der Waals surface area contributed by atoms with E-state index in [2.05, 4.69) is 0 Å². The van der Waals surface area contributed by atoms with Crippen LogP contribution in [0, 0.1) is 0 Å². The number of fused-ring (bicyclic) bond motifs is 1. The molecule has 2 aliphatic heterocycles. The van der Waals surface area contributed by atoms with E-state index in [-0.39, 0.29) is 11.3 Å². The number of carbonyl (C=O) groups is 2. The van der Waals surface area contributed by atoms with Crippen molar-refractivity contribution < 1.29 is 24.2 Å². The third-order valence-electron chi connectivity index (χ3n) is 6.12. The highest BCUT2D eigenvalue weighted by Crippen LogP contribution is 2.41. The van der Waals surface area contributed by atoms with Gasteiger partial charge in [0.15, 0.2) is 0 Å². The molecular formula is C27H31NO5. The quantitative estimate of drug-likeness (QED) is 0.348. The van der Waals surface area contributed by atoms with Crippen molar-refractivity contribution in [3.63, 3.8) is 0 Å². The highest BCUT2D eigenvalue weighted by atomic mass is 16.5. The van der Waals surface area contributed by atoms with Crippen LogP contribution >= 0.6 is 0 Å². The third kappa shape index (κ3) is 4.61. The molecule has 6 nitrogen and oxygen atoms in total. The van der Waals surface area contributed by atoms with Crippen molar-refractivity contribution in [2.45, 2.75) is 52.0 Å². The van der Waals surface area contributed by atoms with Crippen LogP contribution < -0.4 is 9.47 Å². The largest absolute Gasteiger partial charge is 0.507 e. The summed E-state index contributed by atoms with van der Waals surface area (Å²) in [5, 5.41) is 11.3. The molecule has 0 spiro atoms. The van der Waals surface area contributed by atoms with Crippen molar-refractivity contribution in [3.8, 4) is 11.5 Å². The molecule has 1 N–H and O–H groups in total. The standard InChI is InChI=1S/C27H31NO5/c1-3-5-13-28-24(19-8-6-10-21(17-19)32-14-4-2)23(26(30)27(28)31)25(29)20-11-12-22-18(16-20)9-7-15-33-22/h6,8,10-12,16-17,24,29H,3-5,7,9,13-15H2,1-2H3/b25-23-. The molecule has 2 heterocycles. The molecular weight excluding hydrogens is 418 g/mol. The van der Waals surface area contributed by atoms with Gasteiger partial charge in [0.2, 0.25) is 0 Å². The van der Waals surface area contributed by atoms with Gasteiger partial charge in [-0.3, -0.25) is 9.59 Å². The van der Waals surface area contributed by atoms with E-state index < -0.39 is 17.7 Å². The van der Waals surface area contributed by atoms with E-state index in [0.717, 1.165) is 49.0 Å². The van der Waals surface area contributed by atoms with E-state index in [1.807, 2.05) is 50.2 Å². The molecule has 0 aliphatic carbocycles. The van der Waals surface area contributed by atoms with Crippen LogP contribution in [0.4, 0.5) is 0 Å². The first-order valence-corrected chi connectivity index (χ1v) is 11.8. The van der Waals surface area contributed by atoms with E-state index in [1.54, 1.807) is 11.0 Å². The summed E-state index contributed by atoms with van der Waals surface area (Å²) in [6, 6.07) is 12.2. The highest BCUT2D eigenvalue weighted by molar-refractivity contribution is 6.46. The molecule has 0 radical (unpaired) electrons. The zero-order valence-electron chi connectivity index (χ0n) is 19.3. The van der Waals surface area contributed by atoms with Gasteiger partial charge in [-0.25, -0.2) is 0 Å². The fraction of sp³-hybridized carbons (Fsp3) is 0.407. The second kappa shape index (κ2) is 10.1. The van der Waals surface area contributed by atoms with Gasteiger partial charge in [-0.15, -0.1) is 0 Å². The van der Waals surface area contributed by atoms with Gasteiger partial charge in [-0.05, 0) is 67.1 Å². The molecule has 2 aromatic carbocycles. The zero-order chi connectivity index (χ0) is 23.4. The summed E-state index contributed by atoms with van der Waals surface area (Å²) < 4.78 is 11.5. The zero-order valence-corrected chi connectivity index (χ0v) is 19.3. The Bertz CT molecular complexity index is 1070. The van der Waals surface area contributed by atoms with Gasteiger partial charge < -0.3 is 19.5 Å². The van der Waals surface area contributed by atoms with Gasteiger partial charge in [0, 0.05) is 12.1 Å². The number of Topliss-reactive ketones (excluding diaryl/α,β-unsaturated/α-hetero) is 1. The number of aliphatic hydroxyl groups excluding tert-OH is 1. The lowest BCUT2D eigenvalue weighted by molar-refractivity contribution is -0.139. The van der Waals surface area contributed by atoms with Crippen molar-refractivity contribution in [1.82, 2.24) is 4.90 Å². The summed E-state index contributed by atoms with van der Waals surface area (Å²) >= 11 is 0. The van der Waals surface area contributed by atoms with Crippen LogP contribution in [0.1, 0.15) is 62.3 Å². The number of nitrogens with zero attached hydrogens (tertiary/aromatic N) is 1. The monoisotopic (exact) mass is 449 g/mol. The maximum absolute atomic E-state index is 13.2. The molecule has 6 heteroatoms. The molecule has 0 aromatic heterocycles. The Kier molecular flexibility index (Phi) is 7.02. The Morgan fingerprint density at radius 1 is 1.15 bits per heavy atom. The molecule has 2 aromatic rings. The average molecular weight is 450 g/mol. The van der Waals surface area contributed by atoms with Crippen molar-refractivity contribution in [3.05, 3.63) is 64.7 Å². The number of aryl methyl sites for hydroxylation is 1. The fourth-order valence-electron chi connectivity index (χ4n) is 4.44. The van der Waals surface area contributed by atoms with Crippen molar-refractivity contribution >= 4 is 17.4 Å². The minimum Gasteiger partial charge on any atom is -0.507 e. The second-order valence-corrected chi connectivity index (χ2v) is 8.54. The minimum atomic E-state index is -0.658. The van der Waals surface area contributed by atoms with E-state index in [1.165, 1.54) is 0 Å². The smallest absolute Gasteiger partial charge is 0.295 e. The Labute approximate surface area is 194 Å². The number of carbonyl (C=O) groups excluding carboxylic acids is 2. The molecule has 4 rings (SSSR count). The van der Waals surface area contributed by atoms with E-state index in [9.17, 15) is 14.7 Å².